The Morgan fingerprint density at radius 3 is 2.27 bits per heavy atom. The molecule has 3 rings (SSSR count). The van der Waals surface area contributed by atoms with Crippen LogP contribution in [0.5, 0.6) is 0 Å². The topological polar surface area (TPSA) is 32.3 Å². The summed E-state index contributed by atoms with van der Waals surface area (Å²) in [6, 6.07) is 16.4. The Labute approximate surface area is 157 Å². The van der Waals surface area contributed by atoms with E-state index in [1.54, 1.807) is 0 Å². The quantitative estimate of drug-likeness (QED) is 0.851. The molecule has 1 aliphatic rings. The van der Waals surface area contributed by atoms with Crippen molar-refractivity contribution in [1.82, 2.24) is 10.2 Å². The van der Waals surface area contributed by atoms with Crippen LogP contribution >= 0.6 is 0 Å². The fraction of sp³-hybridized carbons (Fsp3) is 0.435. The molecule has 1 N–H and O–H groups in total. The van der Waals surface area contributed by atoms with Gasteiger partial charge in [-0.3, -0.25) is 4.79 Å². The summed E-state index contributed by atoms with van der Waals surface area (Å²) < 4.78 is 0. The molecule has 0 saturated heterocycles. The maximum atomic E-state index is 13.2. The van der Waals surface area contributed by atoms with Crippen LogP contribution in [0.1, 0.15) is 58.8 Å². The van der Waals surface area contributed by atoms with E-state index in [2.05, 4.69) is 61.6 Å². The van der Waals surface area contributed by atoms with Crippen molar-refractivity contribution in [2.24, 2.45) is 0 Å². The molecule has 1 fully saturated rings. The minimum atomic E-state index is -0.0330. The Hall–Kier alpha value is -2.13. The van der Waals surface area contributed by atoms with E-state index in [-0.39, 0.29) is 17.5 Å². The molecule has 2 aromatic rings. The molecule has 0 bridgehead atoms. The van der Waals surface area contributed by atoms with Crippen molar-refractivity contribution in [2.45, 2.75) is 51.1 Å². The van der Waals surface area contributed by atoms with Gasteiger partial charge in [0, 0.05) is 11.1 Å². The second kappa shape index (κ2) is 7.63. The van der Waals surface area contributed by atoms with E-state index >= 15 is 0 Å². The average molecular weight is 351 g/mol. The number of benzene rings is 2. The summed E-state index contributed by atoms with van der Waals surface area (Å²) in [4.78, 5) is 15.5. The van der Waals surface area contributed by atoms with Crippen molar-refractivity contribution >= 4 is 5.91 Å². The van der Waals surface area contributed by atoms with Crippen LogP contribution in [-0.2, 0) is 0 Å². The molecule has 0 radical (unpaired) electrons. The number of rotatable bonds is 5. The van der Waals surface area contributed by atoms with Gasteiger partial charge in [-0.1, -0.05) is 55.3 Å². The molecule has 26 heavy (non-hydrogen) atoms. The lowest BCUT2D eigenvalue weighted by Gasteiger charge is -2.44. The minimum Gasteiger partial charge on any atom is -0.343 e. The fourth-order valence-electron chi connectivity index (χ4n) is 4.36. The second-order valence-corrected chi connectivity index (χ2v) is 7.77. The van der Waals surface area contributed by atoms with Crippen LogP contribution in [0.2, 0.25) is 0 Å². The molecule has 0 aliphatic heterocycles. The molecular formula is C23H30N2O. The predicted octanol–water partition coefficient (Wildman–Crippen LogP) is 4.65. The molecule has 1 amide bonds. The van der Waals surface area contributed by atoms with Gasteiger partial charge in [0.1, 0.15) is 0 Å². The van der Waals surface area contributed by atoms with Crippen LogP contribution in [0, 0.1) is 13.8 Å². The number of likely N-dealkylation sites (N-methyl/N-ethyl adjacent to an activating group) is 1. The highest BCUT2D eigenvalue weighted by molar-refractivity contribution is 5.96. The van der Waals surface area contributed by atoms with Crippen LogP contribution < -0.4 is 5.32 Å². The van der Waals surface area contributed by atoms with Gasteiger partial charge in [-0.25, -0.2) is 0 Å². The molecule has 1 aliphatic carbocycles. The molecule has 2 aromatic carbocycles. The Morgan fingerprint density at radius 1 is 1.00 bits per heavy atom. The zero-order valence-corrected chi connectivity index (χ0v) is 16.4. The third-order valence-corrected chi connectivity index (χ3v) is 6.15. The van der Waals surface area contributed by atoms with E-state index < -0.39 is 0 Å². The van der Waals surface area contributed by atoms with Gasteiger partial charge in [0.25, 0.3) is 5.91 Å². The SMILES string of the molecule is Cc1cccc(C(=O)NC(c2ccccc2)C2(N(C)C)CCCC2)c1C. The summed E-state index contributed by atoms with van der Waals surface area (Å²) in [5, 5.41) is 3.40. The summed E-state index contributed by atoms with van der Waals surface area (Å²) in [5.74, 6) is 0.0215. The van der Waals surface area contributed by atoms with E-state index in [1.807, 2.05) is 25.1 Å². The van der Waals surface area contributed by atoms with Crippen LogP contribution in [0.4, 0.5) is 0 Å². The molecule has 3 nitrogen and oxygen atoms in total. The molecule has 0 spiro atoms. The Kier molecular flexibility index (Phi) is 5.47. The van der Waals surface area contributed by atoms with Gasteiger partial charge in [0.2, 0.25) is 0 Å². The Morgan fingerprint density at radius 2 is 1.65 bits per heavy atom. The third-order valence-electron chi connectivity index (χ3n) is 6.15. The van der Waals surface area contributed by atoms with Crippen molar-refractivity contribution in [3.05, 3.63) is 70.8 Å². The molecule has 138 valence electrons. The van der Waals surface area contributed by atoms with E-state index in [0.717, 1.165) is 29.5 Å². The number of nitrogens with zero attached hydrogens (tertiary/aromatic N) is 1. The van der Waals surface area contributed by atoms with E-state index in [4.69, 9.17) is 0 Å². The number of amides is 1. The van der Waals surface area contributed by atoms with Gasteiger partial charge in [-0.2, -0.15) is 0 Å². The first kappa shape index (κ1) is 18.7. The zero-order chi connectivity index (χ0) is 18.7. The van der Waals surface area contributed by atoms with E-state index in [9.17, 15) is 4.79 Å². The summed E-state index contributed by atoms with van der Waals surface area (Å²) in [5.41, 5.74) is 4.13. The van der Waals surface area contributed by atoms with Crippen molar-refractivity contribution in [3.63, 3.8) is 0 Å². The smallest absolute Gasteiger partial charge is 0.252 e. The van der Waals surface area contributed by atoms with Crippen LogP contribution in [0.3, 0.4) is 0 Å². The monoisotopic (exact) mass is 350 g/mol. The summed E-state index contributed by atoms with van der Waals surface area (Å²) in [6.07, 6.45) is 4.63. The first-order valence-electron chi connectivity index (χ1n) is 9.55. The Bertz CT molecular complexity index is 761. The van der Waals surface area contributed by atoms with Crippen LogP contribution in [0.25, 0.3) is 0 Å². The van der Waals surface area contributed by atoms with Gasteiger partial charge in [-0.05, 0) is 63.5 Å². The average Bonchev–Trinajstić information content (AvgIpc) is 3.13. The molecule has 0 heterocycles. The van der Waals surface area contributed by atoms with Crippen molar-refractivity contribution in [2.75, 3.05) is 14.1 Å². The Balaban J connectivity index is 1.99. The number of nitrogens with one attached hydrogen (secondary N) is 1. The number of hydrogen-bond acceptors (Lipinski definition) is 2. The highest BCUT2D eigenvalue weighted by atomic mass is 16.1. The van der Waals surface area contributed by atoms with Crippen LogP contribution in [0.15, 0.2) is 48.5 Å². The summed E-state index contributed by atoms with van der Waals surface area (Å²) >= 11 is 0. The number of carbonyl (C=O) groups is 1. The minimum absolute atomic E-state index is 0.0198. The number of aryl methyl sites for hydroxylation is 1. The standard InChI is InChI=1S/C23H30N2O/c1-17-11-10-14-20(18(17)2)22(26)24-21(19-12-6-5-7-13-19)23(25(3)4)15-8-9-16-23/h5-7,10-14,21H,8-9,15-16H2,1-4H3,(H,24,26). The first-order chi connectivity index (χ1) is 12.5. The molecule has 1 atom stereocenters. The largest absolute Gasteiger partial charge is 0.343 e. The third kappa shape index (κ3) is 3.41. The summed E-state index contributed by atoms with van der Waals surface area (Å²) in [6.45, 7) is 4.08. The lowest BCUT2D eigenvalue weighted by Crippen LogP contribution is -2.53. The van der Waals surface area contributed by atoms with Gasteiger partial charge in [0.15, 0.2) is 0 Å². The highest BCUT2D eigenvalue weighted by Crippen LogP contribution is 2.43. The van der Waals surface area contributed by atoms with Crippen LogP contribution in [-0.4, -0.2) is 30.4 Å². The lowest BCUT2D eigenvalue weighted by molar-refractivity contribution is 0.0765. The van der Waals surface area contributed by atoms with Gasteiger partial charge in [-0.15, -0.1) is 0 Å². The van der Waals surface area contributed by atoms with Crippen molar-refractivity contribution in [1.29, 1.82) is 0 Å². The zero-order valence-electron chi connectivity index (χ0n) is 16.4. The maximum absolute atomic E-state index is 13.2. The molecule has 1 unspecified atom stereocenters. The number of hydrogen-bond donors (Lipinski definition) is 1. The molecular weight excluding hydrogens is 320 g/mol. The van der Waals surface area contributed by atoms with E-state index in [1.165, 1.54) is 18.4 Å². The maximum Gasteiger partial charge on any atom is 0.252 e. The van der Waals surface area contributed by atoms with Crippen molar-refractivity contribution < 1.29 is 4.79 Å². The lowest BCUT2D eigenvalue weighted by atomic mass is 9.82. The molecule has 0 aromatic heterocycles. The normalized spacial score (nSPS) is 17.3. The van der Waals surface area contributed by atoms with Gasteiger partial charge >= 0.3 is 0 Å². The molecule has 3 heteroatoms. The summed E-state index contributed by atoms with van der Waals surface area (Å²) in [7, 11) is 4.29. The van der Waals surface area contributed by atoms with Crippen molar-refractivity contribution in [3.8, 4) is 0 Å². The van der Waals surface area contributed by atoms with E-state index in [0.29, 0.717) is 0 Å². The molecule has 1 saturated carbocycles. The van der Waals surface area contributed by atoms with Gasteiger partial charge < -0.3 is 10.2 Å². The first-order valence-corrected chi connectivity index (χ1v) is 9.55. The number of carbonyl (C=O) groups excluding carboxylic acids is 1. The highest BCUT2D eigenvalue weighted by Gasteiger charge is 2.44. The predicted molar refractivity (Wildman–Crippen MR) is 107 cm³/mol. The second-order valence-electron chi connectivity index (χ2n) is 7.77. The van der Waals surface area contributed by atoms with Gasteiger partial charge in [0.05, 0.1) is 6.04 Å². The fourth-order valence-corrected chi connectivity index (χ4v) is 4.36.